The molecule has 6 nitrogen and oxygen atoms in total. The summed E-state index contributed by atoms with van der Waals surface area (Å²) < 4.78 is 12.2. The monoisotopic (exact) mass is 228 g/mol. The SMILES string of the molecule is CNCc1ncnn1CCOCCCOC. The van der Waals surface area contributed by atoms with E-state index >= 15 is 0 Å². The van der Waals surface area contributed by atoms with E-state index in [1.54, 1.807) is 13.4 Å². The third-order valence-electron chi connectivity index (χ3n) is 2.12. The lowest BCUT2D eigenvalue weighted by Gasteiger charge is -2.06. The summed E-state index contributed by atoms with van der Waals surface area (Å²) in [6, 6.07) is 0. The van der Waals surface area contributed by atoms with Gasteiger partial charge in [-0.1, -0.05) is 0 Å². The zero-order valence-corrected chi connectivity index (χ0v) is 9.98. The van der Waals surface area contributed by atoms with E-state index in [2.05, 4.69) is 15.4 Å². The second-order valence-electron chi connectivity index (χ2n) is 3.39. The van der Waals surface area contributed by atoms with Crippen LogP contribution in [-0.2, 0) is 22.6 Å². The highest BCUT2D eigenvalue weighted by Gasteiger charge is 2.01. The van der Waals surface area contributed by atoms with E-state index in [-0.39, 0.29) is 0 Å². The average molecular weight is 228 g/mol. The van der Waals surface area contributed by atoms with E-state index in [1.165, 1.54) is 0 Å². The Labute approximate surface area is 96.0 Å². The molecule has 0 bridgehead atoms. The Hall–Kier alpha value is -0.980. The van der Waals surface area contributed by atoms with Crippen molar-refractivity contribution < 1.29 is 9.47 Å². The van der Waals surface area contributed by atoms with Crippen LogP contribution >= 0.6 is 0 Å². The molecule has 0 atom stereocenters. The highest BCUT2D eigenvalue weighted by molar-refractivity contribution is 4.82. The standard InChI is InChI=1S/C10H20N4O2/c1-11-8-10-12-9-13-14(10)4-7-16-6-3-5-15-2/h9,11H,3-8H2,1-2H3. The Bertz CT molecular complexity index is 278. The van der Waals surface area contributed by atoms with Crippen molar-refractivity contribution in [3.05, 3.63) is 12.2 Å². The number of hydrogen-bond acceptors (Lipinski definition) is 5. The number of methoxy groups -OCH3 is 1. The minimum absolute atomic E-state index is 0.657. The van der Waals surface area contributed by atoms with E-state index in [0.717, 1.165) is 38.5 Å². The lowest BCUT2D eigenvalue weighted by Crippen LogP contribution is -2.16. The molecule has 0 unspecified atom stereocenters. The summed E-state index contributed by atoms with van der Waals surface area (Å²) in [5.41, 5.74) is 0. The predicted molar refractivity (Wildman–Crippen MR) is 60.1 cm³/mol. The molecule has 0 aromatic carbocycles. The smallest absolute Gasteiger partial charge is 0.140 e. The molecule has 0 aliphatic heterocycles. The molecule has 0 fully saturated rings. The molecular formula is C10H20N4O2. The van der Waals surface area contributed by atoms with Crippen LogP contribution < -0.4 is 5.32 Å². The number of hydrogen-bond donors (Lipinski definition) is 1. The van der Waals surface area contributed by atoms with Crippen LogP contribution in [0.25, 0.3) is 0 Å². The predicted octanol–water partition coefficient (Wildman–Crippen LogP) is 0.0506. The van der Waals surface area contributed by atoms with Crippen molar-refractivity contribution in [3.8, 4) is 0 Å². The quantitative estimate of drug-likeness (QED) is 0.605. The molecule has 6 heteroatoms. The molecule has 92 valence electrons. The fourth-order valence-electron chi connectivity index (χ4n) is 1.33. The average Bonchev–Trinajstić information content (AvgIpc) is 2.72. The summed E-state index contributed by atoms with van der Waals surface area (Å²) in [7, 11) is 3.58. The first-order valence-electron chi connectivity index (χ1n) is 5.46. The topological polar surface area (TPSA) is 61.2 Å². The van der Waals surface area contributed by atoms with E-state index in [4.69, 9.17) is 9.47 Å². The van der Waals surface area contributed by atoms with Gasteiger partial charge in [-0.2, -0.15) is 5.10 Å². The summed E-state index contributed by atoms with van der Waals surface area (Å²) in [5.74, 6) is 0.933. The van der Waals surface area contributed by atoms with Crippen LogP contribution in [0, 0.1) is 0 Å². The molecule has 0 saturated carbocycles. The van der Waals surface area contributed by atoms with E-state index in [1.807, 2.05) is 11.7 Å². The maximum atomic E-state index is 5.45. The number of ether oxygens (including phenoxy) is 2. The van der Waals surface area contributed by atoms with Crippen LogP contribution in [0.3, 0.4) is 0 Å². The van der Waals surface area contributed by atoms with Gasteiger partial charge in [0.15, 0.2) is 0 Å². The van der Waals surface area contributed by atoms with Gasteiger partial charge in [-0.05, 0) is 13.5 Å². The normalized spacial score (nSPS) is 10.9. The highest BCUT2D eigenvalue weighted by atomic mass is 16.5. The zero-order chi connectivity index (χ0) is 11.6. The fourth-order valence-corrected chi connectivity index (χ4v) is 1.33. The lowest BCUT2D eigenvalue weighted by molar-refractivity contribution is 0.0956. The Morgan fingerprint density at radius 1 is 1.38 bits per heavy atom. The van der Waals surface area contributed by atoms with Crippen LogP contribution in [0.4, 0.5) is 0 Å². The van der Waals surface area contributed by atoms with Crippen LogP contribution in [0.2, 0.25) is 0 Å². The maximum Gasteiger partial charge on any atom is 0.140 e. The molecule has 0 saturated heterocycles. The van der Waals surface area contributed by atoms with Crippen molar-refractivity contribution in [2.24, 2.45) is 0 Å². The van der Waals surface area contributed by atoms with Gasteiger partial charge in [0.2, 0.25) is 0 Å². The maximum absolute atomic E-state index is 5.45. The van der Waals surface area contributed by atoms with Gasteiger partial charge in [0.05, 0.1) is 19.7 Å². The second-order valence-corrected chi connectivity index (χ2v) is 3.39. The molecule has 1 N–H and O–H groups in total. The zero-order valence-electron chi connectivity index (χ0n) is 9.98. The Morgan fingerprint density at radius 2 is 2.25 bits per heavy atom. The van der Waals surface area contributed by atoms with Crippen molar-refractivity contribution in [1.29, 1.82) is 0 Å². The first-order valence-corrected chi connectivity index (χ1v) is 5.46. The van der Waals surface area contributed by atoms with Gasteiger partial charge >= 0.3 is 0 Å². The summed E-state index contributed by atoms with van der Waals surface area (Å²) in [4.78, 5) is 4.15. The van der Waals surface area contributed by atoms with Gasteiger partial charge in [0.25, 0.3) is 0 Å². The molecule has 0 spiro atoms. The molecule has 0 aliphatic carbocycles. The molecular weight excluding hydrogens is 208 g/mol. The Balaban J connectivity index is 2.13. The van der Waals surface area contributed by atoms with Crippen molar-refractivity contribution in [2.45, 2.75) is 19.5 Å². The lowest BCUT2D eigenvalue weighted by atomic mass is 10.5. The minimum Gasteiger partial charge on any atom is -0.385 e. The van der Waals surface area contributed by atoms with Gasteiger partial charge < -0.3 is 14.8 Å². The first kappa shape index (κ1) is 13.1. The molecule has 1 aromatic heterocycles. The van der Waals surface area contributed by atoms with Crippen LogP contribution in [-0.4, -0.2) is 48.7 Å². The van der Waals surface area contributed by atoms with Crippen molar-refractivity contribution in [3.63, 3.8) is 0 Å². The van der Waals surface area contributed by atoms with E-state index in [0.29, 0.717) is 6.61 Å². The van der Waals surface area contributed by atoms with E-state index < -0.39 is 0 Å². The summed E-state index contributed by atoms with van der Waals surface area (Å²) in [6.45, 7) is 3.59. The Kier molecular flexibility index (Phi) is 6.71. The molecule has 1 aromatic rings. The number of rotatable bonds is 9. The molecule has 1 heterocycles. The van der Waals surface area contributed by atoms with Gasteiger partial charge in [-0.25, -0.2) is 9.67 Å². The summed E-state index contributed by atoms with van der Waals surface area (Å²) >= 11 is 0. The molecule has 0 amide bonds. The molecule has 0 aliphatic rings. The summed E-state index contributed by atoms with van der Waals surface area (Å²) in [6.07, 6.45) is 2.49. The third kappa shape index (κ3) is 4.69. The highest BCUT2D eigenvalue weighted by Crippen LogP contribution is 1.94. The van der Waals surface area contributed by atoms with Crippen LogP contribution in [0.15, 0.2) is 6.33 Å². The second kappa shape index (κ2) is 8.20. The molecule has 1 rings (SSSR count). The number of nitrogens with zero attached hydrogens (tertiary/aromatic N) is 3. The van der Waals surface area contributed by atoms with Crippen LogP contribution in [0.1, 0.15) is 12.2 Å². The van der Waals surface area contributed by atoms with Gasteiger partial charge in [0.1, 0.15) is 12.2 Å². The van der Waals surface area contributed by atoms with Gasteiger partial charge in [-0.3, -0.25) is 0 Å². The fraction of sp³-hybridized carbons (Fsp3) is 0.800. The Morgan fingerprint density at radius 3 is 3.00 bits per heavy atom. The van der Waals surface area contributed by atoms with E-state index in [9.17, 15) is 0 Å². The third-order valence-corrected chi connectivity index (χ3v) is 2.12. The summed E-state index contributed by atoms with van der Waals surface area (Å²) in [5, 5.41) is 7.18. The number of nitrogens with one attached hydrogen (secondary N) is 1. The van der Waals surface area contributed by atoms with Crippen molar-refractivity contribution in [2.75, 3.05) is 34.0 Å². The van der Waals surface area contributed by atoms with Crippen molar-refractivity contribution >= 4 is 0 Å². The largest absolute Gasteiger partial charge is 0.385 e. The van der Waals surface area contributed by atoms with Crippen LogP contribution in [0.5, 0.6) is 0 Å². The van der Waals surface area contributed by atoms with Gasteiger partial charge in [0, 0.05) is 20.3 Å². The number of aromatic nitrogens is 3. The van der Waals surface area contributed by atoms with Crippen molar-refractivity contribution in [1.82, 2.24) is 20.1 Å². The first-order chi connectivity index (χ1) is 7.88. The van der Waals surface area contributed by atoms with Gasteiger partial charge in [-0.15, -0.1) is 0 Å². The molecule has 0 radical (unpaired) electrons. The molecule has 16 heavy (non-hydrogen) atoms. The minimum atomic E-state index is 0.657.